The zero-order valence-electron chi connectivity index (χ0n) is 12.4. The summed E-state index contributed by atoms with van der Waals surface area (Å²) < 4.78 is 27.2. The lowest BCUT2D eigenvalue weighted by Crippen LogP contribution is -2.27. The highest BCUT2D eigenvalue weighted by atomic mass is 19.1. The van der Waals surface area contributed by atoms with Gasteiger partial charge in [-0.15, -0.1) is 0 Å². The van der Waals surface area contributed by atoms with Crippen molar-refractivity contribution in [2.45, 2.75) is 13.0 Å². The largest absolute Gasteiger partial charge is 0.345 e. The second-order valence-electron chi connectivity index (χ2n) is 4.91. The molecule has 2 rings (SSSR count). The molecule has 0 saturated heterocycles. The Morgan fingerprint density at radius 1 is 1.13 bits per heavy atom. The molecule has 1 N–H and O–H groups in total. The number of amides is 1. The number of benzene rings is 2. The molecule has 0 aromatic heterocycles. The molecule has 0 fully saturated rings. The minimum absolute atomic E-state index is 0.342. The molecule has 2 aromatic carbocycles. The number of nitriles is 1. The summed E-state index contributed by atoms with van der Waals surface area (Å²) in [5.41, 5.74) is 0.0820. The van der Waals surface area contributed by atoms with Crippen LogP contribution in [0.15, 0.2) is 54.1 Å². The van der Waals surface area contributed by atoms with E-state index in [1.807, 2.05) is 30.3 Å². The number of carbonyl (C=O) groups is 1. The summed E-state index contributed by atoms with van der Waals surface area (Å²) in [4.78, 5) is 12.1. The van der Waals surface area contributed by atoms with Crippen LogP contribution in [0, 0.1) is 23.0 Å². The highest BCUT2D eigenvalue weighted by Crippen LogP contribution is 2.17. The first kappa shape index (κ1) is 16.4. The molecule has 2 aromatic rings. The van der Waals surface area contributed by atoms with Gasteiger partial charge in [0.05, 0.1) is 6.04 Å². The van der Waals surface area contributed by atoms with E-state index in [1.54, 1.807) is 13.0 Å². The highest BCUT2D eigenvalue weighted by molar-refractivity contribution is 6.01. The van der Waals surface area contributed by atoms with Crippen molar-refractivity contribution in [2.75, 3.05) is 0 Å². The van der Waals surface area contributed by atoms with Crippen LogP contribution in [-0.2, 0) is 4.79 Å². The highest BCUT2D eigenvalue weighted by Gasteiger charge is 2.15. The molecular formula is C18H14F2N2O. The SMILES string of the molecule is C[C@H](NC(=O)/C(C#N)=C/c1c(F)cccc1F)c1ccccc1. The molecule has 3 nitrogen and oxygen atoms in total. The number of rotatable bonds is 4. The molecule has 0 bridgehead atoms. The van der Waals surface area contributed by atoms with Gasteiger partial charge in [0, 0.05) is 5.56 Å². The summed E-state index contributed by atoms with van der Waals surface area (Å²) in [6.45, 7) is 1.76. The van der Waals surface area contributed by atoms with Gasteiger partial charge in [0.25, 0.3) is 5.91 Å². The molecule has 0 aliphatic rings. The Morgan fingerprint density at radius 3 is 2.30 bits per heavy atom. The predicted molar refractivity (Wildman–Crippen MR) is 82.9 cm³/mol. The fraction of sp³-hybridized carbons (Fsp3) is 0.111. The average molecular weight is 312 g/mol. The van der Waals surface area contributed by atoms with Gasteiger partial charge in [-0.1, -0.05) is 36.4 Å². The maximum absolute atomic E-state index is 13.6. The van der Waals surface area contributed by atoms with Crippen LogP contribution in [0.25, 0.3) is 6.08 Å². The Balaban J connectivity index is 2.23. The zero-order chi connectivity index (χ0) is 16.8. The standard InChI is InChI=1S/C18H14F2N2O/c1-12(13-6-3-2-4-7-13)22-18(23)14(11-21)10-15-16(19)8-5-9-17(15)20/h2-10,12H,1H3,(H,22,23)/b14-10+/t12-/m0/s1. The fourth-order valence-electron chi connectivity index (χ4n) is 2.04. The minimum Gasteiger partial charge on any atom is -0.345 e. The van der Waals surface area contributed by atoms with Gasteiger partial charge in [-0.3, -0.25) is 4.79 Å². The average Bonchev–Trinajstić information content (AvgIpc) is 2.55. The van der Waals surface area contributed by atoms with E-state index < -0.39 is 23.1 Å². The van der Waals surface area contributed by atoms with Gasteiger partial charge in [0.15, 0.2) is 0 Å². The van der Waals surface area contributed by atoms with Gasteiger partial charge in [0.2, 0.25) is 0 Å². The van der Waals surface area contributed by atoms with Crippen molar-refractivity contribution in [2.24, 2.45) is 0 Å². The molecular weight excluding hydrogens is 298 g/mol. The smallest absolute Gasteiger partial charge is 0.262 e. The number of nitrogens with zero attached hydrogens (tertiary/aromatic N) is 1. The van der Waals surface area contributed by atoms with E-state index >= 15 is 0 Å². The maximum Gasteiger partial charge on any atom is 0.262 e. The molecule has 0 spiro atoms. The molecule has 1 amide bonds. The Hall–Kier alpha value is -3.00. The lowest BCUT2D eigenvalue weighted by atomic mass is 10.1. The molecule has 23 heavy (non-hydrogen) atoms. The van der Waals surface area contributed by atoms with E-state index in [4.69, 9.17) is 5.26 Å². The first-order valence-corrected chi connectivity index (χ1v) is 6.94. The Morgan fingerprint density at radius 2 is 1.74 bits per heavy atom. The molecule has 0 aliphatic heterocycles. The minimum atomic E-state index is -0.832. The van der Waals surface area contributed by atoms with Crippen molar-refractivity contribution in [1.29, 1.82) is 5.26 Å². The lowest BCUT2D eigenvalue weighted by molar-refractivity contribution is -0.117. The molecule has 0 saturated carbocycles. The molecule has 0 unspecified atom stereocenters. The molecule has 116 valence electrons. The van der Waals surface area contributed by atoms with Crippen LogP contribution in [0.4, 0.5) is 8.78 Å². The van der Waals surface area contributed by atoms with Gasteiger partial charge in [0.1, 0.15) is 23.3 Å². The van der Waals surface area contributed by atoms with Crippen LogP contribution in [0.3, 0.4) is 0 Å². The summed E-state index contributed by atoms with van der Waals surface area (Å²) in [7, 11) is 0. The van der Waals surface area contributed by atoms with Crippen LogP contribution in [0.5, 0.6) is 0 Å². The van der Waals surface area contributed by atoms with Crippen molar-refractivity contribution in [3.63, 3.8) is 0 Å². The second-order valence-corrected chi connectivity index (χ2v) is 4.91. The fourth-order valence-corrected chi connectivity index (χ4v) is 2.04. The lowest BCUT2D eigenvalue weighted by Gasteiger charge is -2.13. The Kier molecular flexibility index (Phi) is 5.21. The van der Waals surface area contributed by atoms with E-state index in [0.717, 1.165) is 23.8 Å². The summed E-state index contributed by atoms with van der Waals surface area (Å²) in [6, 6.07) is 13.8. The van der Waals surface area contributed by atoms with Crippen LogP contribution in [0.2, 0.25) is 0 Å². The summed E-state index contributed by atoms with van der Waals surface area (Å²) in [5.74, 6) is -2.35. The summed E-state index contributed by atoms with van der Waals surface area (Å²) in [5, 5.41) is 11.7. The third-order valence-electron chi connectivity index (χ3n) is 3.30. The van der Waals surface area contributed by atoms with Crippen LogP contribution < -0.4 is 5.32 Å². The quantitative estimate of drug-likeness (QED) is 0.690. The van der Waals surface area contributed by atoms with Crippen molar-refractivity contribution in [1.82, 2.24) is 5.32 Å². The summed E-state index contributed by atoms with van der Waals surface area (Å²) in [6.07, 6.45) is 0.914. The molecule has 5 heteroatoms. The number of carbonyl (C=O) groups excluding carboxylic acids is 1. The van der Waals surface area contributed by atoms with Crippen LogP contribution >= 0.6 is 0 Å². The predicted octanol–water partition coefficient (Wildman–Crippen LogP) is 3.75. The van der Waals surface area contributed by atoms with E-state index in [1.165, 1.54) is 6.07 Å². The molecule has 0 heterocycles. The molecule has 0 aliphatic carbocycles. The molecule has 0 radical (unpaired) electrons. The topological polar surface area (TPSA) is 52.9 Å². The van der Waals surface area contributed by atoms with Gasteiger partial charge < -0.3 is 5.32 Å². The first-order valence-electron chi connectivity index (χ1n) is 6.94. The Labute approximate surface area is 132 Å². The van der Waals surface area contributed by atoms with Gasteiger partial charge in [-0.25, -0.2) is 8.78 Å². The van der Waals surface area contributed by atoms with Gasteiger partial charge in [-0.05, 0) is 30.7 Å². The van der Waals surface area contributed by atoms with Crippen LogP contribution in [0.1, 0.15) is 24.1 Å². The number of hydrogen-bond donors (Lipinski definition) is 1. The first-order chi connectivity index (χ1) is 11.0. The zero-order valence-corrected chi connectivity index (χ0v) is 12.4. The van der Waals surface area contributed by atoms with Gasteiger partial charge in [-0.2, -0.15) is 5.26 Å². The van der Waals surface area contributed by atoms with Crippen molar-refractivity contribution >= 4 is 12.0 Å². The van der Waals surface area contributed by atoms with Crippen molar-refractivity contribution in [3.8, 4) is 6.07 Å². The van der Waals surface area contributed by atoms with Crippen LogP contribution in [-0.4, -0.2) is 5.91 Å². The number of halogens is 2. The second kappa shape index (κ2) is 7.32. The maximum atomic E-state index is 13.6. The van der Waals surface area contributed by atoms with Gasteiger partial charge >= 0.3 is 0 Å². The summed E-state index contributed by atoms with van der Waals surface area (Å²) >= 11 is 0. The van der Waals surface area contributed by atoms with E-state index in [2.05, 4.69) is 5.32 Å². The van der Waals surface area contributed by atoms with Crippen molar-refractivity contribution < 1.29 is 13.6 Å². The van der Waals surface area contributed by atoms with Crippen molar-refractivity contribution in [3.05, 3.63) is 76.9 Å². The van der Waals surface area contributed by atoms with E-state index in [-0.39, 0.29) is 11.6 Å². The molecule has 1 atom stereocenters. The third-order valence-corrected chi connectivity index (χ3v) is 3.30. The normalized spacial score (nSPS) is 12.3. The van der Waals surface area contributed by atoms with E-state index in [9.17, 15) is 13.6 Å². The Bertz CT molecular complexity index is 759. The number of hydrogen-bond acceptors (Lipinski definition) is 2. The third kappa shape index (κ3) is 4.01. The van der Waals surface area contributed by atoms with E-state index in [0.29, 0.717) is 0 Å². The number of nitrogens with one attached hydrogen (secondary N) is 1. The monoisotopic (exact) mass is 312 g/mol.